The first-order valence-electron chi connectivity index (χ1n) is 5.40. The van der Waals surface area contributed by atoms with Crippen molar-refractivity contribution in [2.75, 3.05) is 0 Å². The van der Waals surface area contributed by atoms with E-state index in [9.17, 15) is 10.1 Å². The third-order valence-electron chi connectivity index (χ3n) is 2.35. The second kappa shape index (κ2) is 5.75. The smallest absolute Gasteiger partial charge is 0.322 e. The van der Waals surface area contributed by atoms with Crippen molar-refractivity contribution in [3.63, 3.8) is 0 Å². The number of nitro groups is 1. The first kappa shape index (κ1) is 13.4. The van der Waals surface area contributed by atoms with Gasteiger partial charge < -0.3 is 4.74 Å². The van der Waals surface area contributed by atoms with Crippen LogP contribution in [0.1, 0.15) is 11.1 Å². The highest BCUT2D eigenvalue weighted by Crippen LogP contribution is 2.30. The Hall–Kier alpha value is -2.02. The first-order valence-corrected chi connectivity index (χ1v) is 6.52. The Bertz CT molecular complexity index is 602. The maximum Gasteiger partial charge on any atom is 0.322 e. The normalized spacial score (nSPS) is 10.2. The summed E-state index contributed by atoms with van der Waals surface area (Å²) in [6.45, 7) is 1.82. The van der Waals surface area contributed by atoms with Gasteiger partial charge in [0.1, 0.15) is 0 Å². The van der Waals surface area contributed by atoms with Crippen LogP contribution in [0.3, 0.4) is 0 Å². The SMILES string of the molecule is Cc1ccc([N+](=O)[O-])c(Oc2ncc(CBr)cn2)c1. The lowest BCUT2D eigenvalue weighted by atomic mass is 10.2. The molecule has 0 N–H and O–H groups in total. The van der Waals surface area contributed by atoms with Gasteiger partial charge in [0.05, 0.1) is 4.92 Å². The number of ether oxygens (including phenoxy) is 1. The average Bonchev–Trinajstić information content (AvgIpc) is 2.39. The minimum absolute atomic E-state index is 0.0819. The number of aromatic nitrogens is 2. The number of nitrogens with zero attached hydrogens (tertiary/aromatic N) is 3. The molecule has 0 bridgehead atoms. The molecule has 19 heavy (non-hydrogen) atoms. The summed E-state index contributed by atoms with van der Waals surface area (Å²) in [6.07, 6.45) is 3.19. The summed E-state index contributed by atoms with van der Waals surface area (Å²) in [7, 11) is 0. The van der Waals surface area contributed by atoms with E-state index in [-0.39, 0.29) is 17.4 Å². The monoisotopic (exact) mass is 323 g/mol. The third kappa shape index (κ3) is 3.25. The summed E-state index contributed by atoms with van der Waals surface area (Å²) in [5.41, 5.74) is 1.64. The zero-order valence-electron chi connectivity index (χ0n) is 10.0. The van der Waals surface area contributed by atoms with E-state index in [2.05, 4.69) is 25.9 Å². The number of alkyl halides is 1. The molecule has 2 aromatic rings. The van der Waals surface area contributed by atoms with Gasteiger partial charge in [-0.05, 0) is 24.1 Å². The topological polar surface area (TPSA) is 78.2 Å². The summed E-state index contributed by atoms with van der Waals surface area (Å²) >= 11 is 3.28. The van der Waals surface area contributed by atoms with Crippen LogP contribution in [0.15, 0.2) is 30.6 Å². The van der Waals surface area contributed by atoms with Crippen LogP contribution in [0.4, 0.5) is 5.69 Å². The van der Waals surface area contributed by atoms with E-state index < -0.39 is 4.92 Å². The summed E-state index contributed by atoms with van der Waals surface area (Å²) in [5.74, 6) is 0.136. The highest BCUT2D eigenvalue weighted by Gasteiger charge is 2.16. The van der Waals surface area contributed by atoms with Gasteiger partial charge in [0, 0.05) is 23.8 Å². The molecule has 7 heteroatoms. The molecule has 1 aromatic carbocycles. The molecule has 0 spiro atoms. The van der Waals surface area contributed by atoms with Crippen LogP contribution in [0.25, 0.3) is 0 Å². The van der Waals surface area contributed by atoms with E-state index in [0.717, 1.165) is 11.1 Å². The Labute approximate surface area is 117 Å². The van der Waals surface area contributed by atoms with Crippen molar-refractivity contribution in [2.45, 2.75) is 12.3 Å². The fourth-order valence-corrected chi connectivity index (χ4v) is 1.71. The number of hydrogen-bond donors (Lipinski definition) is 0. The molecular weight excluding hydrogens is 314 g/mol. The van der Waals surface area contributed by atoms with Crippen molar-refractivity contribution >= 4 is 21.6 Å². The molecule has 0 radical (unpaired) electrons. The molecule has 0 fully saturated rings. The molecule has 2 rings (SSSR count). The van der Waals surface area contributed by atoms with Crippen LogP contribution in [0.2, 0.25) is 0 Å². The molecule has 0 aliphatic heterocycles. The van der Waals surface area contributed by atoms with Gasteiger partial charge >= 0.3 is 11.7 Å². The van der Waals surface area contributed by atoms with Gasteiger partial charge in [0.2, 0.25) is 5.75 Å². The number of rotatable bonds is 4. The fraction of sp³-hybridized carbons (Fsp3) is 0.167. The molecule has 0 aliphatic carbocycles. The molecule has 0 aliphatic rings. The second-order valence-electron chi connectivity index (χ2n) is 3.84. The molecule has 0 saturated carbocycles. The van der Waals surface area contributed by atoms with Crippen LogP contribution in [-0.4, -0.2) is 14.9 Å². The van der Waals surface area contributed by atoms with Crippen LogP contribution < -0.4 is 4.74 Å². The van der Waals surface area contributed by atoms with Gasteiger partial charge in [-0.2, -0.15) is 0 Å². The lowest BCUT2D eigenvalue weighted by molar-refractivity contribution is -0.385. The Balaban J connectivity index is 2.31. The molecule has 0 unspecified atom stereocenters. The molecule has 98 valence electrons. The first-order chi connectivity index (χ1) is 9.10. The fourth-order valence-electron chi connectivity index (χ4n) is 1.42. The molecule has 0 saturated heterocycles. The van der Waals surface area contributed by atoms with E-state index >= 15 is 0 Å². The van der Waals surface area contributed by atoms with Crippen LogP contribution in [0, 0.1) is 17.0 Å². The molecule has 0 atom stereocenters. The molecular formula is C12H10BrN3O3. The van der Waals surface area contributed by atoms with Gasteiger partial charge in [-0.1, -0.05) is 22.0 Å². The van der Waals surface area contributed by atoms with Gasteiger partial charge in [-0.3, -0.25) is 10.1 Å². The zero-order valence-corrected chi connectivity index (χ0v) is 11.6. The zero-order chi connectivity index (χ0) is 13.8. The molecule has 0 amide bonds. The number of aryl methyl sites for hydroxylation is 1. The lowest BCUT2D eigenvalue weighted by Gasteiger charge is -2.05. The van der Waals surface area contributed by atoms with Gasteiger partial charge in [-0.25, -0.2) is 9.97 Å². The summed E-state index contributed by atoms with van der Waals surface area (Å²) < 4.78 is 5.37. The van der Waals surface area contributed by atoms with Gasteiger partial charge in [-0.15, -0.1) is 0 Å². The maximum atomic E-state index is 10.9. The van der Waals surface area contributed by atoms with Crippen LogP contribution in [-0.2, 0) is 5.33 Å². The van der Waals surface area contributed by atoms with E-state index in [0.29, 0.717) is 5.33 Å². The standard InChI is InChI=1S/C12H10BrN3O3/c1-8-2-3-10(16(17)18)11(4-8)19-12-14-6-9(5-13)7-15-12/h2-4,6-7H,5H2,1H3. The second-order valence-corrected chi connectivity index (χ2v) is 4.40. The average molecular weight is 324 g/mol. The third-order valence-corrected chi connectivity index (χ3v) is 3.00. The summed E-state index contributed by atoms with van der Waals surface area (Å²) in [6, 6.07) is 4.72. The Kier molecular flexibility index (Phi) is 4.06. The minimum atomic E-state index is -0.498. The minimum Gasteiger partial charge on any atom is -0.417 e. The largest absolute Gasteiger partial charge is 0.417 e. The molecule has 1 heterocycles. The van der Waals surface area contributed by atoms with Crippen molar-refractivity contribution in [1.82, 2.24) is 9.97 Å². The van der Waals surface area contributed by atoms with Gasteiger partial charge in [0.15, 0.2) is 0 Å². The maximum absolute atomic E-state index is 10.9. The van der Waals surface area contributed by atoms with E-state index in [1.54, 1.807) is 24.5 Å². The predicted molar refractivity (Wildman–Crippen MR) is 72.6 cm³/mol. The molecule has 6 nitrogen and oxygen atoms in total. The van der Waals surface area contributed by atoms with Crippen LogP contribution >= 0.6 is 15.9 Å². The van der Waals surface area contributed by atoms with Crippen LogP contribution in [0.5, 0.6) is 11.8 Å². The Morgan fingerprint density at radius 3 is 2.63 bits per heavy atom. The van der Waals surface area contributed by atoms with Crippen molar-refractivity contribution < 1.29 is 9.66 Å². The van der Waals surface area contributed by atoms with Crippen molar-refractivity contribution in [1.29, 1.82) is 0 Å². The van der Waals surface area contributed by atoms with Gasteiger partial charge in [0.25, 0.3) is 0 Å². The number of benzene rings is 1. The number of hydrogen-bond acceptors (Lipinski definition) is 5. The van der Waals surface area contributed by atoms with E-state index in [4.69, 9.17) is 4.74 Å². The highest BCUT2D eigenvalue weighted by atomic mass is 79.9. The summed E-state index contributed by atoms with van der Waals surface area (Å²) in [4.78, 5) is 18.4. The number of nitro benzene ring substituents is 1. The summed E-state index contributed by atoms with van der Waals surface area (Å²) in [5, 5.41) is 11.5. The molecule has 1 aromatic heterocycles. The van der Waals surface area contributed by atoms with E-state index in [1.807, 2.05) is 6.92 Å². The Morgan fingerprint density at radius 1 is 1.37 bits per heavy atom. The Morgan fingerprint density at radius 2 is 2.05 bits per heavy atom. The lowest BCUT2D eigenvalue weighted by Crippen LogP contribution is -1.97. The van der Waals surface area contributed by atoms with Crippen molar-refractivity contribution in [3.8, 4) is 11.8 Å². The quantitative estimate of drug-likeness (QED) is 0.489. The number of halogens is 1. The van der Waals surface area contributed by atoms with Crippen molar-refractivity contribution in [3.05, 3.63) is 51.8 Å². The predicted octanol–water partition coefficient (Wildman–Crippen LogP) is 3.38. The highest BCUT2D eigenvalue weighted by molar-refractivity contribution is 9.08. The van der Waals surface area contributed by atoms with Crippen molar-refractivity contribution in [2.24, 2.45) is 0 Å². The van der Waals surface area contributed by atoms with E-state index in [1.165, 1.54) is 6.07 Å².